The minimum absolute atomic E-state index is 0. The minimum Gasteiger partial charge on any atom is -0.418 e. The van der Waals surface area contributed by atoms with Crippen LogP contribution in [-0.4, -0.2) is 7.25 Å². The maximum Gasteiger partial charge on any atom is 1.00 e. The summed E-state index contributed by atoms with van der Waals surface area (Å²) in [6.45, 7) is 3.63. The van der Waals surface area contributed by atoms with E-state index in [0.717, 1.165) is 10.9 Å². The zero-order valence-corrected chi connectivity index (χ0v) is 12.0. The molecule has 21 heavy (non-hydrogen) atoms. The van der Waals surface area contributed by atoms with Crippen molar-refractivity contribution in [2.75, 3.05) is 0 Å². The van der Waals surface area contributed by atoms with E-state index < -0.39 is 23.2 Å². The summed E-state index contributed by atoms with van der Waals surface area (Å²) >= 11 is 0. The molecule has 2 aromatic rings. The van der Waals surface area contributed by atoms with Gasteiger partial charge in [0.05, 0.1) is 10.5 Å². The summed E-state index contributed by atoms with van der Waals surface area (Å²) in [5, 5.41) is 0.764. The molecular formula is C12H13BF7S+. The van der Waals surface area contributed by atoms with E-state index in [-0.39, 0.29) is 1.43 Å². The van der Waals surface area contributed by atoms with Crippen LogP contribution in [0.25, 0.3) is 10.1 Å². The predicted octanol–water partition coefficient (Wildman–Crippen LogP) is 6.35. The molecule has 0 bridgehead atoms. The molecule has 9 heteroatoms. The van der Waals surface area contributed by atoms with E-state index in [1.54, 1.807) is 25.1 Å². The number of fused-ring (bicyclic) bond motifs is 1. The Morgan fingerprint density at radius 1 is 1.14 bits per heavy atom. The molecule has 1 aromatic heterocycles. The third-order valence-electron chi connectivity index (χ3n) is 2.65. The Labute approximate surface area is 121 Å². The quantitative estimate of drug-likeness (QED) is 0.324. The van der Waals surface area contributed by atoms with E-state index in [1.165, 1.54) is 0 Å². The first-order valence-electron chi connectivity index (χ1n) is 5.93. The second-order valence-electron chi connectivity index (χ2n) is 4.20. The molecule has 0 amide bonds. The van der Waals surface area contributed by atoms with Gasteiger partial charge in [0.25, 0.3) is 0 Å². The van der Waals surface area contributed by atoms with E-state index in [0.29, 0.717) is 16.0 Å². The van der Waals surface area contributed by atoms with Crippen LogP contribution < -0.4 is 0 Å². The molecule has 118 valence electrons. The van der Waals surface area contributed by atoms with E-state index in [1.807, 2.05) is 13.0 Å². The van der Waals surface area contributed by atoms with Gasteiger partial charge in [-0.3, -0.25) is 0 Å². The molecule has 0 aliphatic carbocycles. The fourth-order valence-corrected chi connectivity index (χ4v) is 3.91. The van der Waals surface area contributed by atoms with Gasteiger partial charge in [-0.15, -0.1) is 13.2 Å². The number of benzene rings is 1. The van der Waals surface area contributed by atoms with Crippen molar-refractivity contribution in [1.82, 2.24) is 0 Å². The van der Waals surface area contributed by atoms with E-state index >= 15 is 0 Å². The van der Waals surface area contributed by atoms with E-state index in [2.05, 4.69) is 0 Å². The standard InChI is InChI=1S/C12H12F3S.BF4/c1-3-9-7-10-8(2)5-4-6-11(10)16(9)12(13,14)15;2-1(3,4)5/h4-7H,3H2,1-2H3;/q+1;-1/p+1. The summed E-state index contributed by atoms with van der Waals surface area (Å²) in [6, 6.07) is 6.86. The molecule has 0 nitrogen and oxygen atoms in total. The van der Waals surface area contributed by atoms with Gasteiger partial charge in [-0.05, 0) is 18.6 Å². The summed E-state index contributed by atoms with van der Waals surface area (Å²) < 4.78 is 78.4. The van der Waals surface area contributed by atoms with Crippen LogP contribution in [0.5, 0.6) is 0 Å². The Kier molecular flexibility index (Phi) is 5.30. The molecule has 0 radical (unpaired) electrons. The molecule has 1 unspecified atom stereocenters. The van der Waals surface area contributed by atoms with E-state index in [4.69, 9.17) is 0 Å². The van der Waals surface area contributed by atoms with Gasteiger partial charge >= 0.3 is 14.2 Å². The van der Waals surface area contributed by atoms with Gasteiger partial charge in [0, 0.05) is 17.9 Å². The van der Waals surface area contributed by atoms with Crippen molar-refractivity contribution in [1.29, 1.82) is 0 Å². The number of aryl methyl sites for hydroxylation is 2. The molecule has 1 aromatic carbocycles. The highest BCUT2D eigenvalue weighted by atomic mass is 32.2. The first kappa shape index (κ1) is 17.8. The van der Waals surface area contributed by atoms with Crippen molar-refractivity contribution < 1.29 is 31.9 Å². The monoisotopic (exact) mass is 333 g/mol. The lowest BCUT2D eigenvalue weighted by molar-refractivity contribution is -0.0867. The summed E-state index contributed by atoms with van der Waals surface area (Å²) in [6.07, 6.45) is 0.455. The van der Waals surface area contributed by atoms with Crippen molar-refractivity contribution in [3.8, 4) is 0 Å². The minimum atomic E-state index is -6.00. The third kappa shape index (κ3) is 4.91. The zero-order chi connectivity index (χ0) is 16.4. The number of rotatable bonds is 1. The molecule has 1 atom stereocenters. The van der Waals surface area contributed by atoms with Gasteiger partial charge < -0.3 is 17.3 Å². The van der Waals surface area contributed by atoms with Crippen LogP contribution in [0.3, 0.4) is 0 Å². The van der Waals surface area contributed by atoms with Crippen LogP contribution in [-0.2, 0) is 11.9 Å². The summed E-state index contributed by atoms with van der Waals surface area (Å²) in [7, 11) is -7.71. The molecule has 0 aliphatic heterocycles. The average Bonchev–Trinajstić information content (AvgIpc) is 2.66. The first-order chi connectivity index (χ1) is 9.45. The molecule has 0 saturated carbocycles. The molecule has 0 fully saturated rings. The molecule has 0 spiro atoms. The normalized spacial score (nSPS) is 13.1. The lowest BCUT2D eigenvalue weighted by Crippen LogP contribution is -2.02. The van der Waals surface area contributed by atoms with Gasteiger partial charge in [0.1, 0.15) is 0 Å². The van der Waals surface area contributed by atoms with Crippen molar-refractivity contribution in [3.63, 3.8) is 0 Å². The van der Waals surface area contributed by atoms with Crippen LogP contribution in [0, 0.1) is 6.92 Å². The van der Waals surface area contributed by atoms with Crippen molar-refractivity contribution >= 4 is 27.8 Å². The molecule has 0 aliphatic rings. The smallest absolute Gasteiger partial charge is 0.418 e. The highest BCUT2D eigenvalue weighted by Gasteiger charge is 2.47. The second-order valence-corrected chi connectivity index (χ2v) is 6.24. The van der Waals surface area contributed by atoms with Crippen LogP contribution in [0.1, 0.15) is 18.8 Å². The van der Waals surface area contributed by atoms with Gasteiger partial charge in [-0.2, -0.15) is 0 Å². The number of alkyl halides is 3. The van der Waals surface area contributed by atoms with E-state index in [9.17, 15) is 30.4 Å². The zero-order valence-electron chi connectivity index (χ0n) is 12.1. The van der Waals surface area contributed by atoms with Gasteiger partial charge in [-0.1, -0.05) is 19.1 Å². The molecule has 0 saturated heterocycles. The van der Waals surface area contributed by atoms with Gasteiger partial charge in [0.2, 0.25) is 0 Å². The topological polar surface area (TPSA) is 0 Å². The second kappa shape index (κ2) is 6.25. The predicted molar refractivity (Wildman–Crippen MR) is 73.1 cm³/mol. The first-order valence-corrected chi connectivity index (χ1v) is 7.16. The Morgan fingerprint density at radius 2 is 1.67 bits per heavy atom. The van der Waals surface area contributed by atoms with Crippen LogP contribution in [0.4, 0.5) is 30.4 Å². The molecule has 1 heterocycles. The highest BCUT2D eigenvalue weighted by Crippen LogP contribution is 2.51. The van der Waals surface area contributed by atoms with Crippen LogP contribution >= 0.6 is 10.5 Å². The van der Waals surface area contributed by atoms with Gasteiger partial charge in [0.15, 0.2) is 9.58 Å². The number of thiophene rings is 1. The SMILES string of the molecule is CCc1cc2c(C)cccc2[s+]1C(F)(F)F.F[B-](F)(F)F.[H+]. The maximum absolute atomic E-state index is 13.0. The summed E-state index contributed by atoms with van der Waals surface area (Å²) in [5.41, 5.74) is -3.23. The fraction of sp³-hybridized carbons (Fsp3) is 0.333. The van der Waals surface area contributed by atoms with Crippen molar-refractivity contribution in [2.45, 2.75) is 25.8 Å². The van der Waals surface area contributed by atoms with Crippen LogP contribution in [0.15, 0.2) is 24.3 Å². The van der Waals surface area contributed by atoms with Gasteiger partial charge in [-0.25, -0.2) is 0 Å². The maximum atomic E-state index is 13.0. The van der Waals surface area contributed by atoms with Crippen LogP contribution in [0.2, 0.25) is 0 Å². The molecule has 2 rings (SSSR count). The molecular weight excluding hydrogens is 320 g/mol. The fourth-order valence-electron chi connectivity index (χ4n) is 1.90. The Morgan fingerprint density at radius 3 is 2.10 bits per heavy atom. The van der Waals surface area contributed by atoms with Crippen molar-refractivity contribution in [2.24, 2.45) is 0 Å². The highest BCUT2D eigenvalue weighted by molar-refractivity contribution is 7.38. The lowest BCUT2D eigenvalue weighted by Gasteiger charge is -1.98. The largest absolute Gasteiger partial charge is 1.00 e. The Balaban J connectivity index is 0.000000644. The third-order valence-corrected chi connectivity index (χ3v) is 4.84. The summed E-state index contributed by atoms with van der Waals surface area (Å²) in [5.74, 6) is 0. The number of hydrogen-bond donors (Lipinski definition) is 0. The lowest BCUT2D eigenvalue weighted by atomic mass is 10.1. The average molecular weight is 333 g/mol. The number of hydrogen-bond acceptors (Lipinski definition) is 0. The van der Waals surface area contributed by atoms with Crippen molar-refractivity contribution in [3.05, 3.63) is 34.7 Å². The Bertz CT molecular complexity index is 612. The number of halogens is 7. The Hall–Kier alpha value is -1.25. The summed E-state index contributed by atoms with van der Waals surface area (Å²) in [4.78, 5) is 0.497. The molecule has 0 N–H and O–H groups in total.